The van der Waals surface area contributed by atoms with Gasteiger partial charge in [0, 0.05) is 25.2 Å². The molecule has 6 heteroatoms. The van der Waals surface area contributed by atoms with E-state index in [2.05, 4.69) is 9.62 Å². The lowest BCUT2D eigenvalue weighted by atomic mass is 10.00. The molecule has 0 aromatic heterocycles. The lowest BCUT2D eigenvalue weighted by Crippen LogP contribution is -2.47. The van der Waals surface area contributed by atoms with Crippen LogP contribution in [0.2, 0.25) is 0 Å². The van der Waals surface area contributed by atoms with Crippen LogP contribution in [0.15, 0.2) is 0 Å². The second-order valence-electron chi connectivity index (χ2n) is 5.01. The summed E-state index contributed by atoms with van der Waals surface area (Å²) in [7, 11) is -3.21. The van der Waals surface area contributed by atoms with Crippen LogP contribution in [-0.4, -0.2) is 56.0 Å². The van der Waals surface area contributed by atoms with Crippen molar-refractivity contribution in [2.75, 3.05) is 25.4 Å². The van der Waals surface area contributed by atoms with E-state index in [-0.39, 0.29) is 18.4 Å². The van der Waals surface area contributed by atoms with Gasteiger partial charge >= 0.3 is 0 Å². The van der Waals surface area contributed by atoms with Crippen LogP contribution in [0.5, 0.6) is 0 Å². The van der Waals surface area contributed by atoms with Crippen LogP contribution >= 0.6 is 0 Å². The summed E-state index contributed by atoms with van der Waals surface area (Å²) in [5.74, 6) is 0.0344. The van der Waals surface area contributed by atoms with Crippen molar-refractivity contribution in [1.82, 2.24) is 9.62 Å². The predicted octanol–water partition coefficient (Wildman–Crippen LogP) is -0.0850. The van der Waals surface area contributed by atoms with Crippen molar-refractivity contribution >= 4 is 10.0 Å². The zero-order chi connectivity index (χ0) is 12.3. The molecular weight excluding hydrogens is 240 g/mol. The van der Waals surface area contributed by atoms with Gasteiger partial charge in [0.15, 0.2) is 0 Å². The molecule has 2 aliphatic rings. The van der Waals surface area contributed by atoms with Gasteiger partial charge in [0.1, 0.15) is 0 Å². The number of sulfonamides is 1. The first-order valence-corrected chi connectivity index (χ1v) is 8.12. The highest BCUT2D eigenvalue weighted by Crippen LogP contribution is 2.27. The summed E-state index contributed by atoms with van der Waals surface area (Å²) in [5, 5.41) is 8.68. The summed E-state index contributed by atoms with van der Waals surface area (Å²) in [6, 6.07) is 0.478. The fraction of sp³-hybridized carbons (Fsp3) is 1.00. The third-order valence-electron chi connectivity index (χ3n) is 3.76. The number of nitrogens with zero attached hydrogens (tertiary/aromatic N) is 1. The van der Waals surface area contributed by atoms with Gasteiger partial charge in [-0.3, -0.25) is 4.90 Å². The third kappa shape index (κ3) is 3.40. The first-order valence-electron chi connectivity index (χ1n) is 6.47. The standard InChI is InChI=1S/C11H22N2O3S/c14-8-3-9-17(15,16)12-10-5-7-13-6-2-1-4-11(10)13/h10-12,14H,1-9H2. The number of hydrogen-bond donors (Lipinski definition) is 2. The average molecular weight is 262 g/mol. The van der Waals surface area contributed by atoms with Crippen LogP contribution in [0.4, 0.5) is 0 Å². The van der Waals surface area contributed by atoms with Crippen LogP contribution in [0.1, 0.15) is 32.1 Å². The van der Waals surface area contributed by atoms with Gasteiger partial charge in [-0.1, -0.05) is 6.42 Å². The van der Waals surface area contributed by atoms with Gasteiger partial charge in [0.2, 0.25) is 10.0 Å². The van der Waals surface area contributed by atoms with Crippen molar-refractivity contribution in [2.45, 2.75) is 44.2 Å². The Labute approximate surface area is 103 Å². The maximum absolute atomic E-state index is 11.8. The molecule has 0 aromatic rings. The molecule has 0 aliphatic carbocycles. The van der Waals surface area contributed by atoms with E-state index in [0.29, 0.717) is 12.5 Å². The zero-order valence-corrected chi connectivity index (χ0v) is 11.0. The zero-order valence-electron chi connectivity index (χ0n) is 10.1. The lowest BCUT2D eigenvalue weighted by Gasteiger charge is -2.32. The summed E-state index contributed by atoms with van der Waals surface area (Å²) in [4.78, 5) is 2.41. The summed E-state index contributed by atoms with van der Waals surface area (Å²) in [6.07, 6.45) is 4.78. The summed E-state index contributed by atoms with van der Waals surface area (Å²) in [5.41, 5.74) is 0. The van der Waals surface area contributed by atoms with Gasteiger partial charge < -0.3 is 5.11 Å². The Morgan fingerprint density at radius 1 is 1.24 bits per heavy atom. The van der Waals surface area contributed by atoms with Crippen molar-refractivity contribution in [2.24, 2.45) is 0 Å². The molecule has 0 radical (unpaired) electrons. The van der Waals surface area contributed by atoms with Crippen LogP contribution in [-0.2, 0) is 10.0 Å². The summed E-state index contributed by atoms with van der Waals surface area (Å²) >= 11 is 0. The molecule has 2 saturated heterocycles. The van der Waals surface area contributed by atoms with Gasteiger partial charge in [-0.25, -0.2) is 13.1 Å². The SMILES string of the molecule is O=S(=O)(CCCO)NC1CCN2CCCCC12. The van der Waals surface area contributed by atoms with Gasteiger partial charge in [-0.2, -0.15) is 0 Å². The molecule has 0 aromatic carbocycles. The minimum atomic E-state index is -3.21. The highest BCUT2D eigenvalue weighted by Gasteiger charge is 2.37. The number of hydrogen-bond acceptors (Lipinski definition) is 4. The molecule has 2 rings (SSSR count). The molecule has 0 amide bonds. The van der Waals surface area contributed by atoms with E-state index in [4.69, 9.17) is 5.11 Å². The van der Waals surface area contributed by atoms with Crippen molar-refractivity contribution < 1.29 is 13.5 Å². The quantitative estimate of drug-likeness (QED) is 0.727. The van der Waals surface area contributed by atoms with Gasteiger partial charge in [0.25, 0.3) is 0 Å². The molecule has 0 spiro atoms. The van der Waals surface area contributed by atoms with Gasteiger partial charge in [-0.15, -0.1) is 0 Å². The highest BCUT2D eigenvalue weighted by molar-refractivity contribution is 7.89. The largest absolute Gasteiger partial charge is 0.396 e. The molecular formula is C11H22N2O3S. The summed E-state index contributed by atoms with van der Waals surface area (Å²) < 4.78 is 26.4. The average Bonchev–Trinajstić information content (AvgIpc) is 2.70. The molecule has 0 bridgehead atoms. The van der Waals surface area contributed by atoms with Crippen molar-refractivity contribution in [3.05, 3.63) is 0 Å². The van der Waals surface area contributed by atoms with E-state index in [1.807, 2.05) is 0 Å². The van der Waals surface area contributed by atoms with Crippen LogP contribution in [0.25, 0.3) is 0 Å². The molecule has 2 N–H and O–H groups in total. The second-order valence-corrected chi connectivity index (χ2v) is 6.88. The number of piperidine rings is 1. The van der Waals surface area contributed by atoms with Crippen molar-refractivity contribution in [3.8, 4) is 0 Å². The monoisotopic (exact) mass is 262 g/mol. The van der Waals surface area contributed by atoms with Crippen molar-refractivity contribution in [3.63, 3.8) is 0 Å². The molecule has 0 saturated carbocycles. The maximum atomic E-state index is 11.8. The molecule has 100 valence electrons. The topological polar surface area (TPSA) is 69.6 Å². The smallest absolute Gasteiger partial charge is 0.211 e. The maximum Gasteiger partial charge on any atom is 0.211 e. The number of rotatable bonds is 5. The minimum Gasteiger partial charge on any atom is -0.396 e. The first-order chi connectivity index (χ1) is 8.12. The fourth-order valence-corrected chi connectivity index (χ4v) is 4.29. The molecule has 5 nitrogen and oxygen atoms in total. The van der Waals surface area contributed by atoms with Crippen molar-refractivity contribution in [1.29, 1.82) is 0 Å². The number of aliphatic hydroxyl groups excluding tert-OH is 1. The summed E-state index contributed by atoms with van der Waals surface area (Å²) in [6.45, 7) is 2.05. The molecule has 2 unspecified atom stereocenters. The van der Waals surface area contributed by atoms with E-state index in [0.717, 1.165) is 25.9 Å². The van der Waals surface area contributed by atoms with E-state index in [1.165, 1.54) is 12.8 Å². The Bertz CT molecular complexity index is 345. The van der Waals surface area contributed by atoms with E-state index in [1.54, 1.807) is 0 Å². The highest BCUT2D eigenvalue weighted by atomic mass is 32.2. The first kappa shape index (κ1) is 13.3. The Morgan fingerprint density at radius 3 is 2.82 bits per heavy atom. The molecule has 2 heterocycles. The Hall–Kier alpha value is -0.170. The molecule has 2 fully saturated rings. The fourth-order valence-electron chi connectivity index (χ4n) is 2.93. The second kappa shape index (κ2) is 5.65. The molecule has 2 atom stereocenters. The Morgan fingerprint density at radius 2 is 2.06 bits per heavy atom. The van der Waals surface area contributed by atoms with Gasteiger partial charge in [0.05, 0.1) is 5.75 Å². The predicted molar refractivity (Wildman–Crippen MR) is 66.2 cm³/mol. The minimum absolute atomic E-state index is 0.0344. The van der Waals surface area contributed by atoms with E-state index >= 15 is 0 Å². The number of nitrogens with one attached hydrogen (secondary N) is 1. The van der Waals surface area contributed by atoms with Crippen LogP contribution in [0.3, 0.4) is 0 Å². The number of fused-ring (bicyclic) bond motifs is 1. The third-order valence-corrected chi connectivity index (χ3v) is 5.25. The Balaban J connectivity index is 1.90. The van der Waals surface area contributed by atoms with Gasteiger partial charge in [-0.05, 0) is 32.2 Å². The normalized spacial score (nSPS) is 30.4. The number of aliphatic hydroxyl groups is 1. The van der Waals surface area contributed by atoms with Crippen LogP contribution < -0.4 is 4.72 Å². The van der Waals surface area contributed by atoms with E-state index < -0.39 is 10.0 Å². The molecule has 17 heavy (non-hydrogen) atoms. The Kier molecular flexibility index (Phi) is 4.41. The van der Waals surface area contributed by atoms with E-state index in [9.17, 15) is 8.42 Å². The molecule has 2 aliphatic heterocycles. The lowest BCUT2D eigenvalue weighted by molar-refractivity contribution is 0.186. The van der Waals surface area contributed by atoms with Crippen LogP contribution in [0, 0.1) is 0 Å².